The number of nitrogens with zero attached hydrogens (tertiary/aromatic N) is 2. The molecule has 1 fully saturated rings. The number of likely N-dealkylation sites (tertiary alicyclic amines) is 1. The number of nitro benzene ring substituents is 1. The Morgan fingerprint density at radius 1 is 1.19 bits per heavy atom. The highest BCUT2D eigenvalue weighted by atomic mass is 16.6. The Hall–Kier alpha value is -1.62. The molecule has 0 amide bonds. The second-order valence-electron chi connectivity index (χ2n) is 5.68. The summed E-state index contributed by atoms with van der Waals surface area (Å²) in [5.41, 5.74) is 1.82. The van der Waals surface area contributed by atoms with Crippen LogP contribution >= 0.6 is 0 Å². The molecule has 1 saturated heterocycles. The van der Waals surface area contributed by atoms with E-state index in [2.05, 4.69) is 10.2 Å². The lowest BCUT2D eigenvalue weighted by atomic mass is 10.1. The molecule has 2 rings (SSSR count). The van der Waals surface area contributed by atoms with E-state index in [9.17, 15) is 10.1 Å². The number of hydrogen-bond acceptors (Lipinski definition) is 4. The Balaban J connectivity index is 2.08. The van der Waals surface area contributed by atoms with Gasteiger partial charge in [0.1, 0.15) is 5.69 Å². The van der Waals surface area contributed by atoms with Gasteiger partial charge >= 0.3 is 0 Å². The number of rotatable bonds is 5. The van der Waals surface area contributed by atoms with Crippen LogP contribution in [0.5, 0.6) is 0 Å². The highest BCUT2D eigenvalue weighted by molar-refractivity contribution is 5.62. The van der Waals surface area contributed by atoms with E-state index in [1.54, 1.807) is 6.07 Å². The monoisotopic (exact) mass is 291 g/mol. The molecule has 21 heavy (non-hydrogen) atoms. The fourth-order valence-corrected chi connectivity index (χ4v) is 2.90. The van der Waals surface area contributed by atoms with E-state index in [0.717, 1.165) is 25.2 Å². The standard InChI is InChI=1S/C16H25N3O2/c1-2-17-15-9-8-14(12-16(15)19(20)21)13-18-10-6-4-3-5-7-11-18/h8-9,12,17H,2-7,10-11,13H2,1H3. The Morgan fingerprint density at radius 3 is 2.48 bits per heavy atom. The van der Waals surface area contributed by atoms with Crippen molar-refractivity contribution in [3.05, 3.63) is 33.9 Å². The number of benzene rings is 1. The van der Waals surface area contributed by atoms with Crippen LogP contribution in [0, 0.1) is 10.1 Å². The van der Waals surface area contributed by atoms with Crippen molar-refractivity contribution in [2.75, 3.05) is 25.0 Å². The number of nitro groups is 1. The summed E-state index contributed by atoms with van der Waals surface area (Å²) in [5, 5.41) is 14.2. The Kier molecular flexibility index (Phi) is 5.99. The van der Waals surface area contributed by atoms with E-state index in [1.807, 2.05) is 19.1 Å². The van der Waals surface area contributed by atoms with Crippen LogP contribution in [0.3, 0.4) is 0 Å². The van der Waals surface area contributed by atoms with Gasteiger partial charge in [-0.3, -0.25) is 15.0 Å². The quantitative estimate of drug-likeness (QED) is 0.662. The molecular weight excluding hydrogens is 266 g/mol. The van der Waals surface area contributed by atoms with Gasteiger partial charge in [0.2, 0.25) is 0 Å². The normalized spacial score (nSPS) is 17.0. The van der Waals surface area contributed by atoms with Crippen LogP contribution in [0.15, 0.2) is 18.2 Å². The molecule has 1 aromatic carbocycles. The third-order valence-corrected chi connectivity index (χ3v) is 3.98. The van der Waals surface area contributed by atoms with Gasteiger partial charge in [-0.05, 0) is 44.5 Å². The number of anilines is 1. The van der Waals surface area contributed by atoms with Crippen LogP contribution < -0.4 is 5.32 Å². The molecule has 1 N–H and O–H groups in total. The Labute approximate surface area is 126 Å². The second-order valence-corrected chi connectivity index (χ2v) is 5.68. The molecule has 0 unspecified atom stereocenters. The third-order valence-electron chi connectivity index (χ3n) is 3.98. The van der Waals surface area contributed by atoms with Gasteiger partial charge in [0.15, 0.2) is 0 Å². The molecule has 1 heterocycles. The first-order chi connectivity index (χ1) is 10.2. The van der Waals surface area contributed by atoms with Crippen LogP contribution in [0.25, 0.3) is 0 Å². The highest BCUT2D eigenvalue weighted by Crippen LogP contribution is 2.26. The van der Waals surface area contributed by atoms with E-state index < -0.39 is 0 Å². The SMILES string of the molecule is CCNc1ccc(CN2CCCCCCC2)cc1[N+](=O)[O-]. The summed E-state index contributed by atoms with van der Waals surface area (Å²) >= 11 is 0. The van der Waals surface area contributed by atoms with Crippen LogP contribution in [-0.2, 0) is 6.54 Å². The average Bonchev–Trinajstić information content (AvgIpc) is 2.43. The molecule has 5 heteroatoms. The fraction of sp³-hybridized carbons (Fsp3) is 0.625. The molecule has 0 saturated carbocycles. The summed E-state index contributed by atoms with van der Waals surface area (Å²) in [7, 11) is 0. The number of nitrogens with one attached hydrogen (secondary N) is 1. The average molecular weight is 291 g/mol. The van der Waals surface area contributed by atoms with Gasteiger partial charge in [0.05, 0.1) is 4.92 Å². The van der Waals surface area contributed by atoms with Crippen molar-refractivity contribution in [1.82, 2.24) is 4.90 Å². The molecule has 0 aliphatic carbocycles. The highest BCUT2D eigenvalue weighted by Gasteiger charge is 2.15. The van der Waals surface area contributed by atoms with Gasteiger partial charge in [0.25, 0.3) is 5.69 Å². The lowest BCUT2D eigenvalue weighted by Crippen LogP contribution is -2.26. The molecule has 0 aromatic heterocycles. The number of hydrogen-bond donors (Lipinski definition) is 1. The van der Waals surface area contributed by atoms with Crippen molar-refractivity contribution in [2.24, 2.45) is 0 Å². The minimum Gasteiger partial charge on any atom is -0.380 e. The molecule has 1 aliphatic heterocycles. The molecule has 0 spiro atoms. The zero-order valence-corrected chi connectivity index (χ0v) is 12.8. The van der Waals surface area contributed by atoms with Gasteiger partial charge in [-0.15, -0.1) is 0 Å². The van der Waals surface area contributed by atoms with Crippen LogP contribution in [0.1, 0.15) is 44.6 Å². The second kappa shape index (κ2) is 7.98. The predicted molar refractivity (Wildman–Crippen MR) is 85.6 cm³/mol. The molecule has 0 atom stereocenters. The topological polar surface area (TPSA) is 58.4 Å². The maximum atomic E-state index is 11.2. The first kappa shape index (κ1) is 15.8. The fourth-order valence-electron chi connectivity index (χ4n) is 2.90. The lowest BCUT2D eigenvalue weighted by Gasteiger charge is -2.24. The van der Waals surface area contributed by atoms with Crippen molar-refractivity contribution < 1.29 is 4.92 Å². The third kappa shape index (κ3) is 4.70. The predicted octanol–water partition coefficient (Wildman–Crippen LogP) is 3.79. The van der Waals surface area contributed by atoms with Crippen molar-refractivity contribution in [1.29, 1.82) is 0 Å². The summed E-state index contributed by atoms with van der Waals surface area (Å²) in [4.78, 5) is 13.3. The van der Waals surface area contributed by atoms with Crippen molar-refractivity contribution in [3.63, 3.8) is 0 Å². The Bertz CT molecular complexity index is 469. The van der Waals surface area contributed by atoms with Crippen molar-refractivity contribution in [3.8, 4) is 0 Å². The van der Waals surface area contributed by atoms with Gasteiger partial charge < -0.3 is 5.32 Å². The minimum atomic E-state index is -0.297. The first-order valence-corrected chi connectivity index (χ1v) is 7.94. The largest absolute Gasteiger partial charge is 0.380 e. The molecular formula is C16H25N3O2. The minimum absolute atomic E-state index is 0.182. The van der Waals surface area contributed by atoms with Gasteiger partial charge in [-0.1, -0.05) is 25.3 Å². The van der Waals surface area contributed by atoms with E-state index in [4.69, 9.17) is 0 Å². The van der Waals surface area contributed by atoms with Crippen LogP contribution in [0.4, 0.5) is 11.4 Å². The molecule has 116 valence electrons. The molecule has 0 radical (unpaired) electrons. The Morgan fingerprint density at radius 2 is 1.86 bits per heavy atom. The summed E-state index contributed by atoms with van der Waals surface area (Å²) in [6.07, 6.45) is 6.41. The molecule has 1 aliphatic rings. The van der Waals surface area contributed by atoms with E-state index >= 15 is 0 Å². The summed E-state index contributed by atoms with van der Waals surface area (Å²) in [6.45, 7) is 5.64. The van der Waals surface area contributed by atoms with Crippen LogP contribution in [0.2, 0.25) is 0 Å². The zero-order valence-electron chi connectivity index (χ0n) is 12.8. The van der Waals surface area contributed by atoms with Crippen LogP contribution in [-0.4, -0.2) is 29.5 Å². The van der Waals surface area contributed by atoms with E-state index in [-0.39, 0.29) is 10.6 Å². The maximum Gasteiger partial charge on any atom is 0.292 e. The smallest absolute Gasteiger partial charge is 0.292 e. The summed E-state index contributed by atoms with van der Waals surface area (Å²) < 4.78 is 0. The lowest BCUT2D eigenvalue weighted by molar-refractivity contribution is -0.384. The van der Waals surface area contributed by atoms with E-state index in [0.29, 0.717) is 12.2 Å². The van der Waals surface area contributed by atoms with Gasteiger partial charge in [0, 0.05) is 19.2 Å². The molecule has 0 bridgehead atoms. The first-order valence-electron chi connectivity index (χ1n) is 7.94. The maximum absolute atomic E-state index is 11.2. The van der Waals surface area contributed by atoms with Crippen molar-refractivity contribution in [2.45, 2.75) is 45.6 Å². The zero-order chi connectivity index (χ0) is 15.1. The van der Waals surface area contributed by atoms with E-state index in [1.165, 1.54) is 32.1 Å². The summed E-state index contributed by atoms with van der Waals surface area (Å²) in [6, 6.07) is 5.56. The summed E-state index contributed by atoms with van der Waals surface area (Å²) in [5.74, 6) is 0. The van der Waals surface area contributed by atoms with Crippen molar-refractivity contribution >= 4 is 11.4 Å². The molecule has 5 nitrogen and oxygen atoms in total. The van der Waals surface area contributed by atoms with Gasteiger partial charge in [-0.2, -0.15) is 0 Å². The van der Waals surface area contributed by atoms with Gasteiger partial charge in [-0.25, -0.2) is 0 Å². The molecule has 1 aromatic rings.